The average molecular weight is 502 g/mol. The van der Waals surface area contributed by atoms with Gasteiger partial charge in [0.2, 0.25) is 0 Å². The third-order valence-corrected chi connectivity index (χ3v) is 7.71. The number of benzene rings is 1. The molecule has 0 bridgehead atoms. The Bertz CT molecular complexity index is 1290. The normalized spacial score (nSPS) is 23.0. The minimum Gasteiger partial charge on any atom is -0.395 e. The SMILES string of the molecule is O=c1c(Cl)c(NCC2CCCOC2)cnn1C1CCC(n2c(=O)n(CCO)c3ccccc32)CC1. The number of rotatable bonds is 7. The highest BCUT2D eigenvalue weighted by Crippen LogP contribution is 2.35. The van der Waals surface area contributed by atoms with Crippen molar-refractivity contribution in [2.24, 2.45) is 5.92 Å². The largest absolute Gasteiger partial charge is 0.395 e. The maximum Gasteiger partial charge on any atom is 0.329 e. The van der Waals surface area contributed by atoms with Gasteiger partial charge in [-0.1, -0.05) is 23.7 Å². The van der Waals surface area contributed by atoms with Gasteiger partial charge in [-0.15, -0.1) is 0 Å². The second kappa shape index (κ2) is 10.6. The zero-order valence-electron chi connectivity index (χ0n) is 19.7. The van der Waals surface area contributed by atoms with Crippen LogP contribution in [0.15, 0.2) is 40.1 Å². The molecule has 2 aliphatic rings. The third-order valence-electron chi connectivity index (χ3n) is 7.35. The van der Waals surface area contributed by atoms with Crippen LogP contribution in [0.5, 0.6) is 0 Å². The molecule has 3 heterocycles. The number of hydrogen-bond acceptors (Lipinski definition) is 6. The van der Waals surface area contributed by atoms with Gasteiger partial charge in [0.25, 0.3) is 5.56 Å². The summed E-state index contributed by atoms with van der Waals surface area (Å²) in [6.45, 7) is 2.42. The minimum atomic E-state index is -0.281. The number of nitrogens with zero attached hydrogens (tertiary/aromatic N) is 4. The van der Waals surface area contributed by atoms with E-state index in [2.05, 4.69) is 10.4 Å². The first-order valence-electron chi connectivity index (χ1n) is 12.5. The number of anilines is 1. The number of nitrogens with one attached hydrogen (secondary N) is 1. The molecular weight excluding hydrogens is 470 g/mol. The number of aliphatic hydroxyl groups is 1. The van der Waals surface area contributed by atoms with Crippen LogP contribution in [0.3, 0.4) is 0 Å². The Morgan fingerprint density at radius 2 is 1.83 bits per heavy atom. The van der Waals surface area contributed by atoms with Crippen LogP contribution >= 0.6 is 11.6 Å². The number of halogens is 1. The van der Waals surface area contributed by atoms with E-state index in [9.17, 15) is 14.7 Å². The summed E-state index contributed by atoms with van der Waals surface area (Å²) < 4.78 is 10.5. The van der Waals surface area contributed by atoms with E-state index in [1.54, 1.807) is 10.8 Å². The van der Waals surface area contributed by atoms with Gasteiger partial charge in [-0.3, -0.25) is 13.9 Å². The summed E-state index contributed by atoms with van der Waals surface area (Å²) in [6.07, 6.45) is 6.76. The lowest BCUT2D eigenvalue weighted by atomic mass is 9.91. The first-order valence-corrected chi connectivity index (χ1v) is 12.9. The number of ether oxygens (including phenoxy) is 1. The number of fused-ring (bicyclic) bond motifs is 1. The molecule has 0 radical (unpaired) electrons. The minimum absolute atomic E-state index is 0.0356. The quantitative estimate of drug-likeness (QED) is 0.515. The predicted octanol–water partition coefficient (Wildman–Crippen LogP) is 3.20. The van der Waals surface area contributed by atoms with Crippen LogP contribution in [-0.2, 0) is 11.3 Å². The topological polar surface area (TPSA) is 103 Å². The average Bonchev–Trinajstić information content (AvgIpc) is 3.17. The van der Waals surface area contributed by atoms with Crippen LogP contribution in [-0.4, -0.2) is 50.4 Å². The van der Waals surface area contributed by atoms with Gasteiger partial charge in [0.15, 0.2) is 0 Å². The zero-order chi connectivity index (χ0) is 24.4. The lowest BCUT2D eigenvalue weighted by Crippen LogP contribution is -2.34. The van der Waals surface area contributed by atoms with Gasteiger partial charge in [0, 0.05) is 19.2 Å². The molecule has 1 unspecified atom stereocenters. The molecule has 1 aromatic carbocycles. The summed E-state index contributed by atoms with van der Waals surface area (Å²) in [5, 5.41) is 17.3. The van der Waals surface area contributed by atoms with E-state index in [4.69, 9.17) is 16.3 Å². The van der Waals surface area contributed by atoms with Crippen LogP contribution in [0.25, 0.3) is 11.0 Å². The molecule has 2 aromatic heterocycles. The van der Waals surface area contributed by atoms with Crippen molar-refractivity contribution < 1.29 is 9.84 Å². The van der Waals surface area contributed by atoms with Gasteiger partial charge in [-0.2, -0.15) is 5.10 Å². The van der Waals surface area contributed by atoms with E-state index in [-0.39, 0.29) is 41.5 Å². The second-order valence-electron chi connectivity index (χ2n) is 9.56. The molecule has 1 aliphatic heterocycles. The Labute approximate surface area is 208 Å². The fourth-order valence-corrected chi connectivity index (χ4v) is 5.72. The molecule has 1 saturated carbocycles. The maximum absolute atomic E-state index is 13.2. The van der Waals surface area contributed by atoms with Crippen LogP contribution in [0.2, 0.25) is 5.02 Å². The third kappa shape index (κ3) is 4.77. The lowest BCUT2D eigenvalue weighted by Gasteiger charge is -2.30. The summed E-state index contributed by atoms with van der Waals surface area (Å²) >= 11 is 6.44. The maximum atomic E-state index is 13.2. The van der Waals surface area contributed by atoms with Gasteiger partial charge in [-0.25, -0.2) is 9.48 Å². The Morgan fingerprint density at radius 3 is 2.54 bits per heavy atom. The highest BCUT2D eigenvalue weighted by Gasteiger charge is 2.28. The smallest absolute Gasteiger partial charge is 0.329 e. The predicted molar refractivity (Wildman–Crippen MR) is 135 cm³/mol. The highest BCUT2D eigenvalue weighted by atomic mass is 35.5. The molecule has 1 atom stereocenters. The number of aromatic nitrogens is 4. The Morgan fingerprint density at radius 1 is 1.09 bits per heavy atom. The van der Waals surface area contributed by atoms with Crippen molar-refractivity contribution in [3.8, 4) is 0 Å². The first kappa shape index (κ1) is 24.1. The summed E-state index contributed by atoms with van der Waals surface area (Å²) in [7, 11) is 0. The summed E-state index contributed by atoms with van der Waals surface area (Å²) in [5.41, 5.74) is 1.90. The van der Waals surface area contributed by atoms with Gasteiger partial charge in [0.1, 0.15) is 5.02 Å². The number of aliphatic hydroxyl groups excluding tert-OH is 1. The number of para-hydroxylation sites is 2. The van der Waals surface area contributed by atoms with Crippen molar-refractivity contribution in [1.82, 2.24) is 18.9 Å². The number of imidazole rings is 1. The van der Waals surface area contributed by atoms with E-state index in [1.165, 1.54) is 4.68 Å². The van der Waals surface area contributed by atoms with Crippen molar-refractivity contribution >= 4 is 28.3 Å². The Hall–Kier alpha value is -2.62. The molecule has 5 rings (SSSR count). The lowest BCUT2D eigenvalue weighted by molar-refractivity contribution is 0.0595. The molecular formula is C25H32ClN5O4. The van der Waals surface area contributed by atoms with E-state index in [0.29, 0.717) is 18.2 Å². The van der Waals surface area contributed by atoms with Crippen LogP contribution in [0.4, 0.5) is 5.69 Å². The standard InChI is InChI=1S/C25H32ClN5O4/c26-23-20(27-14-17-4-3-13-35-16-17)15-28-31(24(23)33)19-9-7-18(8-10-19)30-22-6-2-1-5-21(22)29(11-12-32)25(30)34/h1-2,5-6,15,17-19,27,32H,3-4,7-14,16H2. The zero-order valence-corrected chi connectivity index (χ0v) is 20.5. The molecule has 0 spiro atoms. The molecule has 2 N–H and O–H groups in total. The molecule has 3 aromatic rings. The monoisotopic (exact) mass is 501 g/mol. The van der Waals surface area contributed by atoms with E-state index in [0.717, 1.165) is 62.8 Å². The van der Waals surface area contributed by atoms with E-state index >= 15 is 0 Å². The van der Waals surface area contributed by atoms with Crippen molar-refractivity contribution in [1.29, 1.82) is 0 Å². The first-order chi connectivity index (χ1) is 17.1. The molecule has 0 amide bonds. The van der Waals surface area contributed by atoms with Crippen LogP contribution in [0, 0.1) is 5.92 Å². The van der Waals surface area contributed by atoms with Gasteiger partial charge in [0.05, 0.1) is 48.7 Å². The van der Waals surface area contributed by atoms with Crippen LogP contribution in [0.1, 0.15) is 50.6 Å². The van der Waals surface area contributed by atoms with Crippen molar-refractivity contribution in [3.05, 3.63) is 56.3 Å². The summed E-state index contributed by atoms with van der Waals surface area (Å²) in [5.74, 6) is 0.407. The highest BCUT2D eigenvalue weighted by molar-refractivity contribution is 6.32. The molecule has 10 heteroatoms. The molecule has 1 saturated heterocycles. The molecule has 9 nitrogen and oxygen atoms in total. The summed E-state index contributed by atoms with van der Waals surface area (Å²) in [6, 6.07) is 7.67. The second-order valence-corrected chi connectivity index (χ2v) is 9.94. The molecule has 35 heavy (non-hydrogen) atoms. The fraction of sp³-hybridized carbons (Fsp3) is 0.560. The Kier molecular flexibility index (Phi) is 7.27. The van der Waals surface area contributed by atoms with Crippen molar-refractivity contribution in [2.45, 2.75) is 57.2 Å². The van der Waals surface area contributed by atoms with Gasteiger partial charge >= 0.3 is 5.69 Å². The van der Waals surface area contributed by atoms with Gasteiger partial charge < -0.3 is 15.2 Å². The van der Waals surface area contributed by atoms with Crippen LogP contribution < -0.4 is 16.6 Å². The molecule has 188 valence electrons. The summed E-state index contributed by atoms with van der Waals surface area (Å²) in [4.78, 5) is 26.2. The molecule has 1 aliphatic carbocycles. The Balaban J connectivity index is 1.29. The number of hydrogen-bond donors (Lipinski definition) is 2. The fourth-order valence-electron chi connectivity index (χ4n) is 5.51. The van der Waals surface area contributed by atoms with Crippen molar-refractivity contribution in [2.75, 3.05) is 31.7 Å². The van der Waals surface area contributed by atoms with E-state index in [1.807, 2.05) is 28.8 Å². The van der Waals surface area contributed by atoms with Crippen molar-refractivity contribution in [3.63, 3.8) is 0 Å². The molecule has 2 fully saturated rings. The van der Waals surface area contributed by atoms with E-state index < -0.39 is 0 Å². The van der Waals surface area contributed by atoms with Gasteiger partial charge in [-0.05, 0) is 56.6 Å².